The molecule has 2 rings (SSSR count). The molecule has 7 heteroatoms. The number of H-pyrrole nitrogens is 1. The van der Waals surface area contributed by atoms with Gasteiger partial charge < -0.3 is 10.4 Å². The van der Waals surface area contributed by atoms with Crippen LogP contribution in [0.3, 0.4) is 0 Å². The number of benzene rings is 1. The highest BCUT2D eigenvalue weighted by Gasteiger charge is 2.31. The Labute approximate surface area is 247 Å². The molecule has 3 N–H and O–H groups in total. The van der Waals surface area contributed by atoms with E-state index in [0.717, 1.165) is 38.4 Å². The Morgan fingerprint density at radius 2 is 1.31 bits per heavy atom. The minimum Gasteiger partial charge on any atom is -0.507 e. The fraction of sp³-hybridized carbons (Fsp3) is 0.750. The van der Waals surface area contributed by atoms with E-state index in [-0.39, 0.29) is 10.8 Å². The zero-order valence-electron chi connectivity index (χ0n) is 26.1. The summed E-state index contributed by atoms with van der Waals surface area (Å²) in [5.74, 6) is 3.17. The van der Waals surface area contributed by atoms with E-state index < -0.39 is 0 Å². The Balaban J connectivity index is 2.22. The van der Waals surface area contributed by atoms with Gasteiger partial charge in [0.05, 0.1) is 5.69 Å². The van der Waals surface area contributed by atoms with Crippen molar-refractivity contribution in [1.29, 1.82) is 0 Å². The number of thioether (sulfide) groups is 2. The smallest absolute Gasteiger partial charge is 0.224 e. The summed E-state index contributed by atoms with van der Waals surface area (Å²) in [4.78, 5) is 5.88. The van der Waals surface area contributed by atoms with Crippen molar-refractivity contribution in [3.05, 3.63) is 17.2 Å². The largest absolute Gasteiger partial charge is 0.507 e. The lowest BCUT2D eigenvalue weighted by molar-refractivity contribution is 0.419. The maximum atomic E-state index is 11.5. The first-order valence-corrected chi connectivity index (χ1v) is 17.3. The van der Waals surface area contributed by atoms with Crippen LogP contribution in [0.1, 0.15) is 144 Å². The molecule has 0 saturated heterocycles. The van der Waals surface area contributed by atoms with Crippen molar-refractivity contribution >= 4 is 35.2 Å². The zero-order chi connectivity index (χ0) is 28.9. The first kappa shape index (κ1) is 33.9. The van der Waals surface area contributed by atoms with Crippen LogP contribution >= 0.6 is 23.5 Å². The second-order valence-electron chi connectivity index (χ2n) is 12.8. The molecule has 2 aromatic rings. The van der Waals surface area contributed by atoms with Crippen molar-refractivity contribution in [2.45, 2.75) is 153 Å². The summed E-state index contributed by atoms with van der Waals surface area (Å²) in [6.45, 7) is 17.6. The van der Waals surface area contributed by atoms with Crippen LogP contribution in [0, 0.1) is 0 Å². The van der Waals surface area contributed by atoms with E-state index in [1.807, 2.05) is 11.8 Å². The third kappa shape index (κ3) is 11.6. The van der Waals surface area contributed by atoms with Gasteiger partial charge in [0.2, 0.25) is 11.1 Å². The standard InChI is InChI=1S/C32H56N4OS2/c1-9-11-13-15-17-19-21-38-28-25(23-24(31(3,4)5)27(37)26(28)32(6,7)8)33-29-34-30(36-35-29)39-22-20-18-16-14-12-10-2/h23,37H,9-22H2,1-8H3,(H2,33,34,35,36). The van der Waals surface area contributed by atoms with Crippen LogP contribution in [-0.4, -0.2) is 31.8 Å². The van der Waals surface area contributed by atoms with E-state index in [1.54, 1.807) is 11.8 Å². The molecule has 0 atom stereocenters. The van der Waals surface area contributed by atoms with Gasteiger partial charge in [-0.3, -0.25) is 0 Å². The summed E-state index contributed by atoms with van der Waals surface area (Å²) in [5, 5.41) is 23.5. The van der Waals surface area contributed by atoms with Crippen LogP contribution in [0.4, 0.5) is 11.6 Å². The zero-order valence-corrected chi connectivity index (χ0v) is 27.8. The first-order chi connectivity index (χ1) is 18.5. The van der Waals surface area contributed by atoms with Crippen molar-refractivity contribution in [1.82, 2.24) is 15.2 Å². The van der Waals surface area contributed by atoms with Gasteiger partial charge >= 0.3 is 0 Å². The average molecular weight is 577 g/mol. The lowest BCUT2D eigenvalue weighted by atomic mass is 9.79. The van der Waals surface area contributed by atoms with E-state index in [9.17, 15) is 5.11 Å². The molecule has 0 bridgehead atoms. The number of nitrogens with one attached hydrogen (secondary N) is 2. The summed E-state index contributed by atoms with van der Waals surface area (Å²) in [6, 6.07) is 2.12. The third-order valence-corrected chi connectivity index (χ3v) is 9.14. The van der Waals surface area contributed by atoms with Crippen molar-refractivity contribution < 1.29 is 5.11 Å². The number of anilines is 2. The van der Waals surface area contributed by atoms with Gasteiger partial charge in [-0.2, -0.15) is 4.98 Å². The lowest BCUT2D eigenvalue weighted by Crippen LogP contribution is -2.19. The Morgan fingerprint density at radius 1 is 0.769 bits per heavy atom. The second-order valence-corrected chi connectivity index (χ2v) is 15.0. The monoisotopic (exact) mass is 576 g/mol. The normalized spacial score (nSPS) is 12.3. The third-order valence-electron chi connectivity index (χ3n) is 7.00. The molecule has 0 unspecified atom stereocenters. The Morgan fingerprint density at radius 3 is 1.85 bits per heavy atom. The number of aromatic amines is 1. The predicted molar refractivity (Wildman–Crippen MR) is 173 cm³/mol. The topological polar surface area (TPSA) is 73.8 Å². The number of phenolic OH excluding ortho intramolecular Hbond substituents is 1. The Bertz CT molecular complexity index is 976. The Kier molecular flexibility index (Phi) is 14.6. The van der Waals surface area contributed by atoms with Gasteiger partial charge in [-0.25, -0.2) is 5.10 Å². The highest BCUT2D eigenvalue weighted by Crippen LogP contribution is 2.48. The van der Waals surface area contributed by atoms with E-state index in [2.05, 4.69) is 77.0 Å². The number of aromatic nitrogens is 3. The number of aromatic hydroxyl groups is 1. The average Bonchev–Trinajstić information content (AvgIpc) is 3.29. The molecule has 0 spiro atoms. The predicted octanol–water partition coefficient (Wildman–Crippen LogP) is 10.8. The van der Waals surface area contributed by atoms with Gasteiger partial charge in [-0.05, 0) is 35.5 Å². The number of unbranched alkanes of at least 4 members (excludes halogenated alkanes) is 10. The van der Waals surface area contributed by atoms with Crippen LogP contribution in [0.2, 0.25) is 0 Å². The lowest BCUT2D eigenvalue weighted by Gasteiger charge is -2.31. The number of hydrogen-bond acceptors (Lipinski definition) is 6. The van der Waals surface area contributed by atoms with Gasteiger partial charge in [0.15, 0.2) is 0 Å². The van der Waals surface area contributed by atoms with Gasteiger partial charge in [-0.15, -0.1) is 16.9 Å². The minimum absolute atomic E-state index is 0.192. The van der Waals surface area contributed by atoms with Crippen LogP contribution in [-0.2, 0) is 10.8 Å². The molecule has 5 nitrogen and oxygen atoms in total. The SMILES string of the molecule is CCCCCCCCSc1n[nH]c(Nc2cc(C(C)(C)C)c(O)c(C(C)(C)C)c2SCCCCCCCC)n1. The molecule has 222 valence electrons. The Hall–Kier alpha value is -1.34. The summed E-state index contributed by atoms with van der Waals surface area (Å²) in [7, 11) is 0. The first-order valence-electron chi connectivity index (χ1n) is 15.3. The number of hydrogen-bond donors (Lipinski definition) is 3. The van der Waals surface area contributed by atoms with E-state index in [4.69, 9.17) is 4.98 Å². The molecule has 1 aromatic heterocycles. The summed E-state index contributed by atoms with van der Waals surface area (Å²) in [6.07, 6.45) is 15.4. The molecule has 1 heterocycles. The second kappa shape index (κ2) is 16.8. The van der Waals surface area contributed by atoms with Crippen molar-refractivity contribution in [2.75, 3.05) is 16.8 Å². The summed E-state index contributed by atoms with van der Waals surface area (Å²) < 4.78 is 0. The molecule has 0 aliphatic carbocycles. The van der Waals surface area contributed by atoms with Crippen molar-refractivity contribution in [3.63, 3.8) is 0 Å². The quantitative estimate of drug-likeness (QED) is 0.0931. The van der Waals surface area contributed by atoms with E-state index in [1.165, 1.54) is 77.0 Å². The highest BCUT2D eigenvalue weighted by atomic mass is 32.2. The van der Waals surface area contributed by atoms with E-state index in [0.29, 0.717) is 11.7 Å². The van der Waals surface area contributed by atoms with Crippen molar-refractivity contribution in [2.24, 2.45) is 0 Å². The maximum Gasteiger partial charge on any atom is 0.224 e. The van der Waals surface area contributed by atoms with E-state index >= 15 is 0 Å². The fourth-order valence-electron chi connectivity index (χ4n) is 4.76. The molecule has 1 aromatic carbocycles. The molecular formula is C32H56N4OS2. The summed E-state index contributed by atoms with van der Waals surface area (Å²) in [5.41, 5.74) is 2.58. The van der Waals surface area contributed by atoms with Crippen molar-refractivity contribution in [3.8, 4) is 5.75 Å². The molecule has 39 heavy (non-hydrogen) atoms. The highest BCUT2D eigenvalue weighted by molar-refractivity contribution is 7.99. The number of rotatable bonds is 18. The molecular weight excluding hydrogens is 521 g/mol. The van der Waals surface area contributed by atoms with Gasteiger partial charge in [0, 0.05) is 21.8 Å². The minimum atomic E-state index is -0.204. The van der Waals surface area contributed by atoms with Crippen LogP contribution in [0.25, 0.3) is 0 Å². The molecule has 0 amide bonds. The van der Waals surface area contributed by atoms with Crippen LogP contribution in [0.15, 0.2) is 16.1 Å². The van der Waals surface area contributed by atoms with Gasteiger partial charge in [0.1, 0.15) is 5.75 Å². The molecule has 0 aliphatic heterocycles. The number of phenols is 1. The molecule has 0 aliphatic rings. The fourth-order valence-corrected chi connectivity index (χ4v) is 6.92. The number of nitrogens with zero attached hydrogens (tertiary/aromatic N) is 2. The summed E-state index contributed by atoms with van der Waals surface area (Å²) >= 11 is 3.58. The molecule has 0 saturated carbocycles. The maximum absolute atomic E-state index is 11.5. The van der Waals surface area contributed by atoms with Gasteiger partial charge in [0.25, 0.3) is 0 Å². The molecule has 0 fully saturated rings. The van der Waals surface area contributed by atoms with Crippen LogP contribution in [0.5, 0.6) is 5.75 Å². The van der Waals surface area contributed by atoms with Gasteiger partial charge in [-0.1, -0.05) is 131 Å². The van der Waals surface area contributed by atoms with Crippen LogP contribution < -0.4 is 5.32 Å². The molecule has 0 radical (unpaired) electrons.